The van der Waals surface area contributed by atoms with Crippen LogP contribution in [-0.2, 0) is 5.75 Å². The molecule has 2 aromatic rings. The standard InChI is InChI=1S/C12H11N3OS/c13-11(16)9-3-5-15-10(9)7-17-12(15)8-2-1-4-14-6-8/h1-6,12H,7H2,(H2,13,16). The molecule has 0 saturated heterocycles. The molecule has 2 N–H and O–H groups in total. The maximum Gasteiger partial charge on any atom is 0.250 e. The van der Waals surface area contributed by atoms with E-state index < -0.39 is 0 Å². The van der Waals surface area contributed by atoms with Crippen molar-refractivity contribution in [2.24, 2.45) is 5.73 Å². The van der Waals surface area contributed by atoms with Gasteiger partial charge in [0.1, 0.15) is 5.37 Å². The van der Waals surface area contributed by atoms with Gasteiger partial charge in [-0.05, 0) is 12.1 Å². The van der Waals surface area contributed by atoms with Gasteiger partial charge in [0.2, 0.25) is 0 Å². The van der Waals surface area contributed by atoms with Gasteiger partial charge in [-0.2, -0.15) is 0 Å². The van der Waals surface area contributed by atoms with Gasteiger partial charge in [0.15, 0.2) is 0 Å². The molecule has 17 heavy (non-hydrogen) atoms. The van der Waals surface area contributed by atoms with E-state index >= 15 is 0 Å². The van der Waals surface area contributed by atoms with Crippen molar-refractivity contribution in [2.75, 3.05) is 0 Å². The summed E-state index contributed by atoms with van der Waals surface area (Å²) >= 11 is 1.78. The van der Waals surface area contributed by atoms with Crippen LogP contribution in [0.3, 0.4) is 0 Å². The van der Waals surface area contributed by atoms with Crippen molar-refractivity contribution >= 4 is 17.7 Å². The van der Waals surface area contributed by atoms with E-state index in [2.05, 4.69) is 9.55 Å². The van der Waals surface area contributed by atoms with Gasteiger partial charge in [-0.25, -0.2) is 0 Å². The molecular weight excluding hydrogens is 234 g/mol. The van der Waals surface area contributed by atoms with E-state index in [0.29, 0.717) is 5.56 Å². The maximum atomic E-state index is 11.3. The fourth-order valence-corrected chi connectivity index (χ4v) is 3.40. The summed E-state index contributed by atoms with van der Waals surface area (Å²) in [6, 6.07) is 5.76. The van der Waals surface area contributed by atoms with Crippen LogP contribution in [0.15, 0.2) is 36.8 Å². The largest absolute Gasteiger partial charge is 0.366 e. The molecule has 0 bridgehead atoms. The molecular formula is C12H11N3OS. The second-order valence-electron chi connectivity index (χ2n) is 3.90. The molecule has 5 heteroatoms. The second-order valence-corrected chi connectivity index (χ2v) is 4.97. The minimum Gasteiger partial charge on any atom is -0.366 e. The lowest BCUT2D eigenvalue weighted by Gasteiger charge is -2.11. The summed E-state index contributed by atoms with van der Waals surface area (Å²) in [7, 11) is 0. The van der Waals surface area contributed by atoms with Crippen molar-refractivity contribution in [1.29, 1.82) is 0 Å². The summed E-state index contributed by atoms with van der Waals surface area (Å²) in [4.78, 5) is 15.4. The third-order valence-corrected chi connectivity index (χ3v) is 4.15. The molecule has 0 spiro atoms. The fourth-order valence-electron chi connectivity index (χ4n) is 2.09. The molecule has 1 unspecified atom stereocenters. The number of rotatable bonds is 2. The van der Waals surface area contributed by atoms with Gasteiger partial charge in [-0.3, -0.25) is 9.78 Å². The molecule has 86 valence electrons. The Morgan fingerprint density at radius 1 is 1.53 bits per heavy atom. The molecule has 1 aliphatic heterocycles. The number of nitrogens with two attached hydrogens (primary N) is 1. The number of nitrogens with zero attached hydrogens (tertiary/aromatic N) is 2. The SMILES string of the molecule is NC(=O)c1ccn2c1CSC2c1cccnc1. The summed E-state index contributed by atoms with van der Waals surface area (Å²) in [5, 5.41) is 0.201. The third kappa shape index (κ3) is 1.63. The van der Waals surface area contributed by atoms with Crippen molar-refractivity contribution in [1.82, 2.24) is 9.55 Å². The Kier molecular flexibility index (Phi) is 2.40. The molecule has 2 aromatic heterocycles. The Hall–Kier alpha value is -1.75. The lowest BCUT2D eigenvalue weighted by atomic mass is 10.2. The fraction of sp³-hybridized carbons (Fsp3) is 0.167. The number of thioether (sulfide) groups is 1. The topological polar surface area (TPSA) is 60.9 Å². The predicted octanol–water partition coefficient (Wildman–Crippen LogP) is 1.78. The molecule has 0 saturated carbocycles. The minimum absolute atomic E-state index is 0.201. The highest BCUT2D eigenvalue weighted by molar-refractivity contribution is 7.99. The number of fused-ring (bicyclic) bond motifs is 1. The van der Waals surface area contributed by atoms with E-state index in [1.165, 1.54) is 0 Å². The number of carbonyl (C=O) groups is 1. The number of hydrogen-bond acceptors (Lipinski definition) is 3. The first kappa shape index (κ1) is 10.4. The maximum absolute atomic E-state index is 11.3. The number of primary amides is 1. The van der Waals surface area contributed by atoms with Gasteiger partial charge in [-0.1, -0.05) is 6.07 Å². The van der Waals surface area contributed by atoms with Crippen molar-refractivity contribution in [2.45, 2.75) is 11.1 Å². The number of aromatic nitrogens is 2. The number of amides is 1. The van der Waals surface area contributed by atoms with E-state index in [1.54, 1.807) is 24.0 Å². The number of pyridine rings is 1. The van der Waals surface area contributed by atoms with Crippen LogP contribution in [0.2, 0.25) is 0 Å². The molecule has 0 aromatic carbocycles. The zero-order chi connectivity index (χ0) is 11.8. The van der Waals surface area contributed by atoms with Crippen LogP contribution in [0, 0.1) is 0 Å². The minimum atomic E-state index is -0.355. The summed E-state index contributed by atoms with van der Waals surface area (Å²) in [6.45, 7) is 0. The van der Waals surface area contributed by atoms with Crippen LogP contribution in [-0.4, -0.2) is 15.5 Å². The van der Waals surface area contributed by atoms with Crippen LogP contribution in [0.5, 0.6) is 0 Å². The van der Waals surface area contributed by atoms with E-state index in [9.17, 15) is 4.79 Å². The molecule has 1 atom stereocenters. The van der Waals surface area contributed by atoms with Gasteiger partial charge in [0, 0.05) is 35.6 Å². The normalized spacial score (nSPS) is 18.0. The summed E-state index contributed by atoms with van der Waals surface area (Å²) in [6.07, 6.45) is 5.54. The van der Waals surface area contributed by atoms with Gasteiger partial charge >= 0.3 is 0 Å². The van der Waals surface area contributed by atoms with Crippen LogP contribution in [0.25, 0.3) is 0 Å². The van der Waals surface area contributed by atoms with Crippen molar-refractivity contribution in [3.05, 3.63) is 53.6 Å². The molecule has 1 amide bonds. The molecule has 3 rings (SSSR count). The average molecular weight is 245 g/mol. The van der Waals surface area contributed by atoms with Crippen LogP contribution in [0.4, 0.5) is 0 Å². The zero-order valence-electron chi connectivity index (χ0n) is 9.04. The summed E-state index contributed by atoms with van der Waals surface area (Å²) in [5.74, 6) is 0.455. The quantitative estimate of drug-likeness (QED) is 0.877. The Labute approximate surface area is 103 Å². The first-order valence-corrected chi connectivity index (χ1v) is 6.33. The van der Waals surface area contributed by atoms with Gasteiger partial charge in [-0.15, -0.1) is 11.8 Å². The molecule has 0 aliphatic carbocycles. The van der Waals surface area contributed by atoms with Gasteiger partial charge in [0.05, 0.1) is 5.56 Å². The Bertz CT molecular complexity index is 564. The lowest BCUT2D eigenvalue weighted by molar-refractivity contribution is 0.0999. The van der Waals surface area contributed by atoms with Crippen molar-refractivity contribution in [3.63, 3.8) is 0 Å². The Morgan fingerprint density at radius 2 is 2.41 bits per heavy atom. The third-order valence-electron chi connectivity index (χ3n) is 2.89. The highest BCUT2D eigenvalue weighted by Crippen LogP contribution is 2.41. The Morgan fingerprint density at radius 3 is 3.12 bits per heavy atom. The molecule has 1 aliphatic rings. The van der Waals surface area contributed by atoms with E-state index in [0.717, 1.165) is 17.0 Å². The van der Waals surface area contributed by atoms with Crippen LogP contribution >= 0.6 is 11.8 Å². The van der Waals surface area contributed by atoms with Crippen molar-refractivity contribution < 1.29 is 4.79 Å². The summed E-state index contributed by atoms with van der Waals surface area (Å²) in [5.41, 5.74) is 8.12. The smallest absolute Gasteiger partial charge is 0.250 e. The first-order chi connectivity index (χ1) is 8.27. The first-order valence-electron chi connectivity index (χ1n) is 5.28. The van der Waals surface area contributed by atoms with Crippen molar-refractivity contribution in [3.8, 4) is 0 Å². The highest BCUT2D eigenvalue weighted by atomic mass is 32.2. The zero-order valence-corrected chi connectivity index (χ0v) is 9.85. The average Bonchev–Trinajstić information content (AvgIpc) is 2.89. The predicted molar refractivity (Wildman–Crippen MR) is 66.6 cm³/mol. The van der Waals surface area contributed by atoms with E-state index in [4.69, 9.17) is 5.73 Å². The highest BCUT2D eigenvalue weighted by Gasteiger charge is 2.27. The second kappa shape index (κ2) is 3.92. The number of hydrogen-bond donors (Lipinski definition) is 1. The summed E-state index contributed by atoms with van der Waals surface area (Å²) < 4.78 is 2.10. The molecule has 3 heterocycles. The molecule has 4 nitrogen and oxygen atoms in total. The monoisotopic (exact) mass is 245 g/mol. The number of carbonyl (C=O) groups excluding carboxylic acids is 1. The molecule has 0 fully saturated rings. The Balaban J connectivity index is 2.03. The molecule has 0 radical (unpaired) electrons. The van der Waals surface area contributed by atoms with Gasteiger partial charge in [0.25, 0.3) is 5.91 Å². The van der Waals surface area contributed by atoms with Crippen LogP contribution < -0.4 is 5.73 Å². The lowest BCUT2D eigenvalue weighted by Crippen LogP contribution is -2.12. The van der Waals surface area contributed by atoms with E-state index in [-0.39, 0.29) is 11.3 Å². The van der Waals surface area contributed by atoms with Crippen LogP contribution in [0.1, 0.15) is 27.0 Å². The van der Waals surface area contributed by atoms with Gasteiger partial charge < -0.3 is 10.3 Å². The van der Waals surface area contributed by atoms with E-state index in [1.807, 2.05) is 24.5 Å².